The van der Waals surface area contributed by atoms with Gasteiger partial charge in [-0.05, 0) is 59.2 Å². The lowest BCUT2D eigenvalue weighted by atomic mass is 9.47. The molecule has 1 heterocycles. The highest BCUT2D eigenvalue weighted by atomic mass is 16.6. The molecule has 3 aliphatic carbocycles. The fraction of sp³-hybridized carbons (Fsp3) is 0.619. The topological polar surface area (TPSA) is 231 Å². The van der Waals surface area contributed by atoms with Gasteiger partial charge in [-0.1, -0.05) is 43.7 Å². The number of aliphatic hydroxyl groups excluding tert-OH is 2. The van der Waals surface area contributed by atoms with Crippen LogP contribution in [-0.2, 0) is 47.6 Å². The number of aliphatic hydroxyl groups is 3. The number of alkyl carbamates (subject to hydrolysis) is 1. The number of allylic oxidation sites excluding steroid dienone is 2. The van der Waals surface area contributed by atoms with E-state index < -0.39 is 124 Å². The van der Waals surface area contributed by atoms with E-state index in [0.29, 0.717) is 5.57 Å². The average Bonchev–Trinajstić information content (AvgIpc) is 3.11. The molecule has 318 valence electrons. The number of hydrogen-bond donors (Lipinski definition) is 4. The molecule has 3 fully saturated rings. The number of Topliss-reactive ketones (excluding diaryl/α,β-unsaturated/α-hetero) is 1. The molecule has 2 saturated carbocycles. The molecule has 16 nitrogen and oxygen atoms in total. The van der Waals surface area contributed by atoms with Gasteiger partial charge in [0.25, 0.3) is 0 Å². The van der Waals surface area contributed by atoms with Gasteiger partial charge in [0.1, 0.15) is 29.5 Å². The van der Waals surface area contributed by atoms with E-state index >= 15 is 4.79 Å². The van der Waals surface area contributed by atoms with Gasteiger partial charge in [-0.3, -0.25) is 14.4 Å². The number of esters is 4. The van der Waals surface area contributed by atoms with E-state index in [1.807, 2.05) is 0 Å². The van der Waals surface area contributed by atoms with Crippen molar-refractivity contribution in [2.24, 2.45) is 23.2 Å². The second kappa shape index (κ2) is 16.2. The van der Waals surface area contributed by atoms with Gasteiger partial charge in [-0.25, -0.2) is 14.4 Å². The first kappa shape index (κ1) is 44.5. The Balaban J connectivity index is 1.70. The summed E-state index contributed by atoms with van der Waals surface area (Å²) in [4.78, 5) is 81.6. The molecule has 5 rings (SSSR count). The third kappa shape index (κ3) is 8.16. The zero-order chi connectivity index (χ0) is 43.3. The van der Waals surface area contributed by atoms with Crippen molar-refractivity contribution in [2.45, 2.75) is 135 Å². The van der Waals surface area contributed by atoms with Crippen molar-refractivity contribution in [3.8, 4) is 0 Å². The number of nitrogens with one attached hydrogen (secondary N) is 1. The van der Waals surface area contributed by atoms with Crippen molar-refractivity contribution in [3.05, 3.63) is 58.9 Å². The third-order valence-corrected chi connectivity index (χ3v) is 11.8. The minimum absolute atomic E-state index is 0.00937. The van der Waals surface area contributed by atoms with Crippen LogP contribution in [0, 0.1) is 23.2 Å². The highest BCUT2D eigenvalue weighted by Gasteiger charge is 2.76. The maximum absolute atomic E-state index is 15.2. The highest BCUT2D eigenvalue weighted by Crippen LogP contribution is 2.62. The molecular formula is C42H55NO15. The van der Waals surface area contributed by atoms with Gasteiger partial charge < -0.3 is 49.1 Å². The molecule has 0 aromatic heterocycles. The number of hydrogen-bond acceptors (Lipinski definition) is 15. The molecule has 4 aliphatic rings. The van der Waals surface area contributed by atoms with Crippen molar-refractivity contribution < 1.29 is 72.5 Å². The molecule has 16 heteroatoms. The van der Waals surface area contributed by atoms with Crippen molar-refractivity contribution in [1.29, 1.82) is 0 Å². The maximum atomic E-state index is 15.2. The van der Waals surface area contributed by atoms with Gasteiger partial charge in [-0.15, -0.1) is 0 Å². The Kier molecular flexibility index (Phi) is 12.4. The zero-order valence-electron chi connectivity index (χ0n) is 34.5. The molecule has 1 aliphatic heterocycles. The van der Waals surface area contributed by atoms with Crippen molar-refractivity contribution >= 4 is 35.8 Å². The lowest BCUT2D eigenvalue weighted by Crippen LogP contribution is -2.80. The normalized spacial score (nSPS) is 35.1. The minimum Gasteiger partial charge on any atom is -0.460 e. The van der Waals surface area contributed by atoms with Crippen molar-refractivity contribution in [3.63, 3.8) is 0 Å². The molecule has 1 aromatic rings. The summed E-state index contributed by atoms with van der Waals surface area (Å²) in [6.45, 7) is 14.7. The van der Waals surface area contributed by atoms with Crippen LogP contribution in [0.3, 0.4) is 0 Å². The standard InChI is InChI=1S/C42H55NO15/c1-20(2)16-26(43-38(51)58-39(7,8)9)31(47)37(50)55-27-18-41(52)22(4)30(21(27)3)32(54-23(5)44)34(48)40(10)28(46)17-29-42(19-53-29,57-24(6)45)33(40)35(41)56-36(49)25-14-12-11-13-15-25/h11-16,21-22,26-29,31,33,35,46-47,52H,17-19H2,1-10H3,(H,43,51)/b32-30+. The molecule has 2 bridgehead atoms. The number of carbonyl (C=O) groups is 6. The highest BCUT2D eigenvalue weighted by molar-refractivity contribution is 6.02. The Labute approximate surface area is 337 Å². The molecule has 12 unspecified atom stereocenters. The first-order valence-electron chi connectivity index (χ1n) is 19.3. The molecular weight excluding hydrogens is 758 g/mol. The Morgan fingerprint density at radius 1 is 1.00 bits per heavy atom. The summed E-state index contributed by atoms with van der Waals surface area (Å²) in [5.41, 5.74) is -6.32. The first-order chi connectivity index (χ1) is 26.9. The Hall–Kier alpha value is -4.64. The summed E-state index contributed by atoms with van der Waals surface area (Å²) in [7, 11) is 0. The Morgan fingerprint density at radius 2 is 1.64 bits per heavy atom. The molecule has 12 atom stereocenters. The van der Waals surface area contributed by atoms with E-state index in [0.717, 1.165) is 13.8 Å². The van der Waals surface area contributed by atoms with Gasteiger partial charge in [0.2, 0.25) is 5.78 Å². The zero-order valence-corrected chi connectivity index (χ0v) is 34.5. The van der Waals surface area contributed by atoms with Crippen LogP contribution in [0.4, 0.5) is 4.79 Å². The average molecular weight is 814 g/mol. The summed E-state index contributed by atoms with van der Waals surface area (Å²) in [5, 5.41) is 39.1. The van der Waals surface area contributed by atoms with Crippen molar-refractivity contribution in [1.82, 2.24) is 5.32 Å². The quantitative estimate of drug-likeness (QED) is 0.159. The molecule has 1 saturated heterocycles. The number of ether oxygens (including phenoxy) is 6. The van der Waals surface area contributed by atoms with Gasteiger partial charge in [0.15, 0.2) is 17.5 Å². The largest absolute Gasteiger partial charge is 0.460 e. The van der Waals surface area contributed by atoms with Crippen LogP contribution < -0.4 is 5.32 Å². The predicted molar refractivity (Wildman–Crippen MR) is 202 cm³/mol. The Bertz CT molecular complexity index is 1880. The SMILES string of the molecule is CC(=O)O/C1=C2\C(C)C(OC(=O)C(O)C(C=C(C)C)NC(=O)OC(C)(C)C)CC(O)(C2C)C(OC(=O)c2ccccc2)C2C3(OC(C)=O)COC3CC(O)C2(C)C1=O. The van der Waals surface area contributed by atoms with Crippen LogP contribution in [0.25, 0.3) is 0 Å². The van der Waals surface area contributed by atoms with Crippen LogP contribution in [-0.4, -0.2) is 111 Å². The molecule has 0 radical (unpaired) electrons. The monoisotopic (exact) mass is 813 g/mol. The van der Waals surface area contributed by atoms with E-state index in [9.17, 15) is 39.3 Å². The number of fused-ring (bicyclic) bond motifs is 5. The molecule has 0 spiro atoms. The number of carbonyl (C=O) groups excluding carboxylic acids is 6. The summed E-state index contributed by atoms with van der Waals surface area (Å²) >= 11 is 0. The van der Waals surface area contributed by atoms with Gasteiger partial charge in [0, 0.05) is 38.5 Å². The predicted octanol–water partition coefficient (Wildman–Crippen LogP) is 3.24. The Morgan fingerprint density at radius 3 is 2.17 bits per heavy atom. The number of amides is 1. The van der Waals surface area contributed by atoms with Crippen LogP contribution in [0.1, 0.15) is 92.4 Å². The van der Waals surface area contributed by atoms with E-state index in [1.54, 1.807) is 59.7 Å². The molecule has 1 aromatic carbocycles. The van der Waals surface area contributed by atoms with Crippen LogP contribution in [0.2, 0.25) is 0 Å². The van der Waals surface area contributed by atoms with Crippen LogP contribution in [0.5, 0.6) is 0 Å². The van der Waals surface area contributed by atoms with E-state index in [2.05, 4.69) is 5.32 Å². The molecule has 4 N–H and O–H groups in total. The fourth-order valence-corrected chi connectivity index (χ4v) is 9.05. The molecule has 1 amide bonds. The van der Waals surface area contributed by atoms with Crippen LogP contribution in [0.15, 0.2) is 53.3 Å². The first-order valence-corrected chi connectivity index (χ1v) is 19.3. The summed E-state index contributed by atoms with van der Waals surface area (Å²) in [5.74, 6) is -9.02. The number of ketones is 1. The van der Waals surface area contributed by atoms with E-state index in [-0.39, 0.29) is 24.2 Å². The second-order valence-corrected chi connectivity index (χ2v) is 17.3. The maximum Gasteiger partial charge on any atom is 0.408 e. The lowest BCUT2D eigenvalue weighted by Gasteiger charge is -2.65. The summed E-state index contributed by atoms with van der Waals surface area (Å²) in [6.07, 6.45) is -7.98. The number of rotatable bonds is 9. The van der Waals surface area contributed by atoms with Crippen LogP contribution >= 0.6 is 0 Å². The van der Waals surface area contributed by atoms with Gasteiger partial charge >= 0.3 is 30.0 Å². The summed E-state index contributed by atoms with van der Waals surface area (Å²) < 4.78 is 35.1. The van der Waals surface area contributed by atoms with Gasteiger partial charge in [-0.2, -0.15) is 0 Å². The minimum atomic E-state index is -2.32. The smallest absolute Gasteiger partial charge is 0.408 e. The molecule has 58 heavy (non-hydrogen) atoms. The second-order valence-electron chi connectivity index (χ2n) is 17.3. The third-order valence-electron chi connectivity index (χ3n) is 11.8. The van der Waals surface area contributed by atoms with E-state index in [1.165, 1.54) is 32.1 Å². The van der Waals surface area contributed by atoms with E-state index in [4.69, 9.17) is 28.4 Å². The van der Waals surface area contributed by atoms with Crippen molar-refractivity contribution in [2.75, 3.05) is 6.61 Å². The number of benzene rings is 1. The lowest BCUT2D eigenvalue weighted by molar-refractivity contribution is -0.342. The summed E-state index contributed by atoms with van der Waals surface area (Å²) in [6, 6.07) is 6.48. The fourth-order valence-electron chi connectivity index (χ4n) is 9.05. The van der Waals surface area contributed by atoms with Gasteiger partial charge in [0.05, 0.1) is 35.6 Å².